The van der Waals surface area contributed by atoms with Crippen LogP contribution in [0.25, 0.3) is 0 Å². The molecule has 0 amide bonds. The summed E-state index contributed by atoms with van der Waals surface area (Å²) in [6, 6.07) is 33.1. The number of hydrogen-bond donors (Lipinski definition) is 0. The Morgan fingerprint density at radius 3 is 1.44 bits per heavy atom. The van der Waals surface area contributed by atoms with Crippen molar-refractivity contribution in [2.24, 2.45) is 0 Å². The highest BCUT2D eigenvalue weighted by atomic mass is 32.2. The molecule has 0 bridgehead atoms. The van der Waals surface area contributed by atoms with Crippen LogP contribution < -0.4 is 0 Å². The van der Waals surface area contributed by atoms with Gasteiger partial charge >= 0.3 is 0 Å². The summed E-state index contributed by atoms with van der Waals surface area (Å²) >= 11 is 4.47. The highest BCUT2D eigenvalue weighted by Gasteiger charge is 2.18. The Morgan fingerprint density at radius 1 is 0.535 bits per heavy atom. The standard InChI is InChI=1S/C34H40N2O3S4/c1-27-5-13-31(14-6-27)40-35(23-25-38-41-32-15-7-28(2)8-16-32)21-22-36(43(37)34-19-11-30(4)12-20-34)24-26-39-42-33-17-9-29(3)10-18-33/h5-20H,21-26H2,1-4H3. The molecule has 1 unspecified atom stereocenters. The second-order valence-electron chi connectivity index (χ2n) is 10.3. The molecule has 0 radical (unpaired) electrons. The summed E-state index contributed by atoms with van der Waals surface area (Å²) in [5.74, 6) is 0. The molecule has 228 valence electrons. The van der Waals surface area contributed by atoms with Crippen molar-refractivity contribution < 1.29 is 12.6 Å². The van der Waals surface area contributed by atoms with Crippen molar-refractivity contribution in [3.05, 3.63) is 119 Å². The van der Waals surface area contributed by atoms with Gasteiger partial charge in [0.05, 0.1) is 18.1 Å². The van der Waals surface area contributed by atoms with Gasteiger partial charge in [0.25, 0.3) is 0 Å². The Labute approximate surface area is 272 Å². The fourth-order valence-electron chi connectivity index (χ4n) is 3.94. The maximum absolute atomic E-state index is 13.7. The molecule has 0 aromatic heterocycles. The first kappa shape index (κ1) is 33.8. The minimum atomic E-state index is -1.31. The van der Waals surface area contributed by atoms with Crippen LogP contribution >= 0.6 is 36.0 Å². The van der Waals surface area contributed by atoms with E-state index in [9.17, 15) is 4.21 Å². The summed E-state index contributed by atoms with van der Waals surface area (Å²) in [6.45, 7) is 11.9. The van der Waals surface area contributed by atoms with E-state index in [1.54, 1.807) is 11.9 Å². The van der Waals surface area contributed by atoms with Crippen molar-refractivity contribution in [1.29, 1.82) is 0 Å². The van der Waals surface area contributed by atoms with E-state index in [2.05, 4.69) is 97.9 Å². The number of hydrogen-bond acceptors (Lipinski definition) is 7. The summed E-state index contributed by atoms with van der Waals surface area (Å²) in [6.07, 6.45) is 0. The van der Waals surface area contributed by atoms with Crippen LogP contribution in [-0.4, -0.2) is 52.2 Å². The van der Waals surface area contributed by atoms with Gasteiger partial charge in [0.15, 0.2) is 0 Å². The van der Waals surface area contributed by atoms with Crippen LogP contribution in [0.15, 0.2) is 117 Å². The van der Waals surface area contributed by atoms with Crippen molar-refractivity contribution in [2.75, 3.05) is 39.4 Å². The third kappa shape index (κ3) is 12.1. The highest BCUT2D eigenvalue weighted by Crippen LogP contribution is 2.25. The number of benzene rings is 4. The van der Waals surface area contributed by atoms with Crippen LogP contribution in [-0.2, 0) is 19.4 Å². The number of nitrogens with zero attached hydrogens (tertiary/aromatic N) is 2. The molecular weight excluding hydrogens is 613 g/mol. The van der Waals surface area contributed by atoms with Gasteiger partial charge in [-0.05, 0) is 88.2 Å². The molecule has 0 aliphatic heterocycles. The lowest BCUT2D eigenvalue weighted by molar-refractivity contribution is 0.284. The Bertz CT molecular complexity index is 1400. The lowest BCUT2D eigenvalue weighted by Crippen LogP contribution is -2.36. The molecule has 0 spiro atoms. The summed E-state index contributed by atoms with van der Waals surface area (Å²) < 4.78 is 29.9. The van der Waals surface area contributed by atoms with E-state index in [4.69, 9.17) is 8.37 Å². The third-order valence-electron chi connectivity index (χ3n) is 6.51. The van der Waals surface area contributed by atoms with Crippen LogP contribution in [0, 0.1) is 27.7 Å². The normalized spacial score (nSPS) is 12.2. The minimum Gasteiger partial charge on any atom is -0.309 e. The Hall–Kier alpha value is -2.08. The Kier molecular flexibility index (Phi) is 14.2. The van der Waals surface area contributed by atoms with Gasteiger partial charge in [0, 0.05) is 65.0 Å². The molecule has 4 aromatic carbocycles. The minimum absolute atomic E-state index is 0.456. The quantitative estimate of drug-likeness (QED) is 0.0642. The third-order valence-corrected chi connectivity index (χ3v) is 10.6. The van der Waals surface area contributed by atoms with E-state index in [1.807, 2.05) is 35.5 Å². The van der Waals surface area contributed by atoms with E-state index in [-0.39, 0.29) is 0 Å². The number of aryl methyl sites for hydroxylation is 4. The smallest absolute Gasteiger partial charge is 0.127 e. The van der Waals surface area contributed by atoms with Gasteiger partial charge in [-0.3, -0.25) is 0 Å². The summed E-state index contributed by atoms with van der Waals surface area (Å²) in [5, 5.41) is 0. The molecule has 4 rings (SSSR count). The first-order valence-electron chi connectivity index (χ1n) is 14.3. The van der Waals surface area contributed by atoms with Crippen molar-refractivity contribution >= 4 is 47.0 Å². The van der Waals surface area contributed by atoms with Crippen LogP contribution in [0.1, 0.15) is 22.3 Å². The van der Waals surface area contributed by atoms with E-state index < -0.39 is 11.0 Å². The van der Waals surface area contributed by atoms with Crippen molar-refractivity contribution in [3.8, 4) is 0 Å². The molecule has 0 aliphatic rings. The van der Waals surface area contributed by atoms with Crippen LogP contribution in [0.4, 0.5) is 0 Å². The van der Waals surface area contributed by atoms with E-state index in [0.717, 1.165) is 26.8 Å². The van der Waals surface area contributed by atoms with E-state index in [1.165, 1.54) is 45.7 Å². The maximum atomic E-state index is 13.7. The van der Waals surface area contributed by atoms with Crippen LogP contribution in [0.5, 0.6) is 0 Å². The fraction of sp³-hybridized carbons (Fsp3) is 0.294. The first-order valence-corrected chi connectivity index (χ1v) is 17.7. The SMILES string of the molecule is Cc1ccc(SOCCN(CCN(CCOSc2ccc(C)cc2)S(=O)c2ccc(C)cc2)Sc2ccc(C)cc2)cc1. The molecule has 0 N–H and O–H groups in total. The van der Waals surface area contributed by atoms with Gasteiger partial charge in [-0.1, -0.05) is 70.8 Å². The largest absolute Gasteiger partial charge is 0.309 e. The average molecular weight is 653 g/mol. The van der Waals surface area contributed by atoms with Gasteiger partial charge in [-0.15, -0.1) is 0 Å². The molecule has 43 heavy (non-hydrogen) atoms. The molecule has 0 saturated carbocycles. The Balaban J connectivity index is 1.38. The van der Waals surface area contributed by atoms with Gasteiger partial charge in [-0.25, -0.2) is 12.8 Å². The topological polar surface area (TPSA) is 42.0 Å². The molecule has 0 aliphatic carbocycles. The second-order valence-corrected chi connectivity index (χ2v) is 14.7. The zero-order valence-electron chi connectivity index (χ0n) is 25.2. The molecule has 5 nitrogen and oxygen atoms in total. The number of rotatable bonds is 17. The van der Waals surface area contributed by atoms with E-state index >= 15 is 0 Å². The van der Waals surface area contributed by atoms with Gasteiger partial charge < -0.3 is 8.37 Å². The van der Waals surface area contributed by atoms with Crippen molar-refractivity contribution in [2.45, 2.75) is 47.3 Å². The van der Waals surface area contributed by atoms with Crippen LogP contribution in [0.2, 0.25) is 0 Å². The average Bonchev–Trinajstić information content (AvgIpc) is 3.01. The Morgan fingerprint density at radius 2 is 0.953 bits per heavy atom. The van der Waals surface area contributed by atoms with Gasteiger partial charge in [0.2, 0.25) is 0 Å². The van der Waals surface area contributed by atoms with Crippen LogP contribution in [0.3, 0.4) is 0 Å². The predicted molar refractivity (Wildman–Crippen MR) is 184 cm³/mol. The lowest BCUT2D eigenvalue weighted by atomic mass is 10.2. The van der Waals surface area contributed by atoms with Gasteiger partial charge in [-0.2, -0.15) is 0 Å². The summed E-state index contributed by atoms with van der Waals surface area (Å²) in [5.41, 5.74) is 4.83. The lowest BCUT2D eigenvalue weighted by Gasteiger charge is -2.26. The second kappa shape index (κ2) is 18.0. The molecule has 0 saturated heterocycles. The zero-order valence-corrected chi connectivity index (χ0v) is 28.5. The molecular formula is C34H40N2O3S4. The summed E-state index contributed by atoms with van der Waals surface area (Å²) in [7, 11) is -1.31. The van der Waals surface area contributed by atoms with E-state index in [0.29, 0.717) is 32.8 Å². The predicted octanol–water partition coefficient (Wildman–Crippen LogP) is 8.70. The maximum Gasteiger partial charge on any atom is 0.127 e. The molecule has 0 heterocycles. The summed E-state index contributed by atoms with van der Waals surface area (Å²) in [4.78, 5) is 4.11. The van der Waals surface area contributed by atoms with Gasteiger partial charge in [0.1, 0.15) is 11.0 Å². The molecule has 0 fully saturated rings. The van der Waals surface area contributed by atoms with Crippen molar-refractivity contribution in [3.63, 3.8) is 0 Å². The molecule has 4 aromatic rings. The molecule has 9 heteroatoms. The zero-order chi connectivity index (χ0) is 30.4. The highest BCUT2D eigenvalue weighted by molar-refractivity contribution is 7.97. The molecule has 1 atom stereocenters. The fourth-order valence-corrected chi connectivity index (χ4v) is 7.07. The monoisotopic (exact) mass is 652 g/mol. The van der Waals surface area contributed by atoms with Crippen molar-refractivity contribution in [1.82, 2.24) is 8.61 Å². The first-order chi connectivity index (χ1) is 20.9.